The highest BCUT2D eigenvalue weighted by atomic mass is 14.1. The SMILES string of the molecule is CCCc1ccc(-c2ccc(C)cc2)c(C)c1C. The van der Waals surface area contributed by atoms with Crippen LogP contribution in [0, 0.1) is 20.8 Å². The lowest BCUT2D eigenvalue weighted by molar-refractivity contribution is 0.910. The van der Waals surface area contributed by atoms with Crippen LogP contribution in [0.4, 0.5) is 0 Å². The van der Waals surface area contributed by atoms with E-state index in [4.69, 9.17) is 0 Å². The third-order valence-corrected chi connectivity index (χ3v) is 3.78. The van der Waals surface area contributed by atoms with Gasteiger partial charge >= 0.3 is 0 Å². The van der Waals surface area contributed by atoms with E-state index >= 15 is 0 Å². The lowest BCUT2D eigenvalue weighted by Gasteiger charge is -2.13. The van der Waals surface area contributed by atoms with E-state index in [1.165, 1.54) is 46.2 Å². The van der Waals surface area contributed by atoms with Crippen LogP contribution in [0.2, 0.25) is 0 Å². The second-order valence-electron chi connectivity index (χ2n) is 5.14. The summed E-state index contributed by atoms with van der Waals surface area (Å²) in [5, 5.41) is 0. The van der Waals surface area contributed by atoms with Crippen molar-refractivity contribution in [3.05, 3.63) is 58.7 Å². The number of hydrogen-bond acceptors (Lipinski definition) is 0. The zero-order valence-corrected chi connectivity index (χ0v) is 11.9. The lowest BCUT2D eigenvalue weighted by Crippen LogP contribution is -1.94. The fraction of sp³-hybridized carbons (Fsp3) is 0.333. The highest BCUT2D eigenvalue weighted by molar-refractivity contribution is 5.69. The molecule has 0 spiro atoms. The van der Waals surface area contributed by atoms with E-state index < -0.39 is 0 Å². The maximum Gasteiger partial charge on any atom is -0.0152 e. The molecule has 0 fully saturated rings. The molecule has 2 aromatic carbocycles. The molecule has 0 aromatic heterocycles. The molecule has 2 aromatic rings. The van der Waals surface area contributed by atoms with Gasteiger partial charge in [-0.2, -0.15) is 0 Å². The minimum atomic E-state index is 1.18. The van der Waals surface area contributed by atoms with Crippen LogP contribution < -0.4 is 0 Å². The number of rotatable bonds is 3. The third-order valence-electron chi connectivity index (χ3n) is 3.78. The average molecular weight is 238 g/mol. The lowest BCUT2D eigenvalue weighted by atomic mass is 9.92. The quantitative estimate of drug-likeness (QED) is 0.686. The summed E-state index contributed by atoms with van der Waals surface area (Å²) in [5.74, 6) is 0. The molecular weight excluding hydrogens is 216 g/mol. The summed E-state index contributed by atoms with van der Waals surface area (Å²) in [4.78, 5) is 0. The Hall–Kier alpha value is -1.56. The molecule has 0 atom stereocenters. The fourth-order valence-electron chi connectivity index (χ4n) is 2.46. The molecular formula is C18H22. The Balaban J connectivity index is 2.46. The van der Waals surface area contributed by atoms with Crippen molar-refractivity contribution in [2.45, 2.75) is 40.5 Å². The van der Waals surface area contributed by atoms with Gasteiger partial charge in [0.05, 0.1) is 0 Å². The second kappa shape index (κ2) is 5.39. The van der Waals surface area contributed by atoms with Gasteiger partial charge in [-0.05, 0) is 55.0 Å². The van der Waals surface area contributed by atoms with Gasteiger partial charge in [-0.1, -0.05) is 55.3 Å². The van der Waals surface area contributed by atoms with Gasteiger partial charge in [0.1, 0.15) is 0 Å². The van der Waals surface area contributed by atoms with Crippen LogP contribution in [0.1, 0.15) is 35.6 Å². The summed E-state index contributed by atoms with van der Waals surface area (Å²) in [6.45, 7) is 8.86. The molecule has 0 saturated carbocycles. The molecule has 94 valence electrons. The molecule has 2 rings (SSSR count). The van der Waals surface area contributed by atoms with Gasteiger partial charge < -0.3 is 0 Å². The molecule has 0 aliphatic rings. The molecule has 0 amide bonds. The predicted molar refractivity (Wildman–Crippen MR) is 80.1 cm³/mol. The van der Waals surface area contributed by atoms with E-state index in [-0.39, 0.29) is 0 Å². The predicted octanol–water partition coefficient (Wildman–Crippen LogP) is 5.23. The first-order valence-corrected chi connectivity index (χ1v) is 6.79. The Bertz CT molecular complexity index is 533. The topological polar surface area (TPSA) is 0 Å². The van der Waals surface area contributed by atoms with Crippen LogP contribution in [-0.4, -0.2) is 0 Å². The minimum Gasteiger partial charge on any atom is -0.0651 e. The Morgan fingerprint density at radius 3 is 2.06 bits per heavy atom. The molecule has 0 aliphatic heterocycles. The average Bonchev–Trinajstić information content (AvgIpc) is 2.37. The largest absolute Gasteiger partial charge is 0.0651 e. The second-order valence-corrected chi connectivity index (χ2v) is 5.14. The van der Waals surface area contributed by atoms with Crippen LogP contribution >= 0.6 is 0 Å². The molecule has 0 heteroatoms. The maximum atomic E-state index is 2.29. The van der Waals surface area contributed by atoms with E-state index in [2.05, 4.69) is 64.1 Å². The highest BCUT2D eigenvalue weighted by Gasteiger charge is 2.07. The van der Waals surface area contributed by atoms with Crippen molar-refractivity contribution in [1.82, 2.24) is 0 Å². The summed E-state index contributed by atoms with van der Waals surface area (Å²) in [6.07, 6.45) is 2.39. The van der Waals surface area contributed by atoms with Crippen molar-refractivity contribution in [1.29, 1.82) is 0 Å². The smallest absolute Gasteiger partial charge is 0.0152 e. The molecule has 0 unspecified atom stereocenters. The first-order chi connectivity index (χ1) is 8.63. The fourth-order valence-corrected chi connectivity index (χ4v) is 2.46. The Morgan fingerprint density at radius 2 is 1.44 bits per heavy atom. The van der Waals surface area contributed by atoms with Crippen molar-refractivity contribution in [2.24, 2.45) is 0 Å². The summed E-state index contributed by atoms with van der Waals surface area (Å²) < 4.78 is 0. The van der Waals surface area contributed by atoms with Crippen LogP contribution in [0.15, 0.2) is 36.4 Å². The van der Waals surface area contributed by atoms with Gasteiger partial charge in [0.25, 0.3) is 0 Å². The van der Waals surface area contributed by atoms with Crippen molar-refractivity contribution >= 4 is 0 Å². The highest BCUT2D eigenvalue weighted by Crippen LogP contribution is 2.28. The monoisotopic (exact) mass is 238 g/mol. The molecule has 0 nitrogen and oxygen atoms in total. The van der Waals surface area contributed by atoms with Gasteiger partial charge in [-0.25, -0.2) is 0 Å². The van der Waals surface area contributed by atoms with E-state index in [1.807, 2.05) is 0 Å². The van der Waals surface area contributed by atoms with Crippen molar-refractivity contribution < 1.29 is 0 Å². The normalized spacial score (nSPS) is 10.7. The first kappa shape index (κ1) is 12.9. The molecule has 0 heterocycles. The number of benzene rings is 2. The summed E-state index contributed by atoms with van der Waals surface area (Å²) in [6, 6.07) is 13.4. The summed E-state index contributed by atoms with van der Waals surface area (Å²) in [5.41, 5.74) is 8.37. The van der Waals surface area contributed by atoms with Crippen molar-refractivity contribution in [3.63, 3.8) is 0 Å². The molecule has 0 N–H and O–H groups in total. The van der Waals surface area contributed by atoms with E-state index in [9.17, 15) is 0 Å². The standard InChI is InChI=1S/C18H22/c1-5-6-16-11-12-18(15(4)14(16)3)17-9-7-13(2)8-10-17/h7-12H,5-6H2,1-4H3. The van der Waals surface area contributed by atoms with Crippen LogP contribution in [0.5, 0.6) is 0 Å². The molecule has 18 heavy (non-hydrogen) atoms. The first-order valence-electron chi connectivity index (χ1n) is 6.79. The van der Waals surface area contributed by atoms with Gasteiger partial charge in [0.2, 0.25) is 0 Å². The van der Waals surface area contributed by atoms with Crippen LogP contribution in [0.25, 0.3) is 11.1 Å². The molecule has 0 radical (unpaired) electrons. The minimum absolute atomic E-state index is 1.18. The molecule has 0 aliphatic carbocycles. The summed E-state index contributed by atoms with van der Waals surface area (Å²) >= 11 is 0. The van der Waals surface area contributed by atoms with E-state index in [0.717, 1.165) is 0 Å². The molecule has 0 saturated heterocycles. The third kappa shape index (κ3) is 2.48. The van der Waals surface area contributed by atoms with Crippen LogP contribution in [0.3, 0.4) is 0 Å². The van der Waals surface area contributed by atoms with Crippen molar-refractivity contribution in [2.75, 3.05) is 0 Å². The zero-order valence-electron chi connectivity index (χ0n) is 11.9. The zero-order chi connectivity index (χ0) is 13.1. The van der Waals surface area contributed by atoms with Crippen molar-refractivity contribution in [3.8, 4) is 11.1 Å². The van der Waals surface area contributed by atoms with Gasteiger partial charge in [0, 0.05) is 0 Å². The van der Waals surface area contributed by atoms with Gasteiger partial charge in [0.15, 0.2) is 0 Å². The summed E-state index contributed by atoms with van der Waals surface area (Å²) in [7, 11) is 0. The van der Waals surface area contributed by atoms with E-state index in [0.29, 0.717) is 0 Å². The van der Waals surface area contributed by atoms with Gasteiger partial charge in [-0.3, -0.25) is 0 Å². The van der Waals surface area contributed by atoms with E-state index in [1.54, 1.807) is 0 Å². The van der Waals surface area contributed by atoms with Crippen LogP contribution in [-0.2, 0) is 6.42 Å². The molecule has 0 bridgehead atoms. The Morgan fingerprint density at radius 1 is 0.778 bits per heavy atom. The maximum absolute atomic E-state index is 2.29. The Labute approximate surface area is 111 Å². The van der Waals surface area contributed by atoms with Gasteiger partial charge in [-0.15, -0.1) is 0 Å². The number of hydrogen-bond donors (Lipinski definition) is 0. The Kier molecular flexibility index (Phi) is 3.86. The number of aryl methyl sites for hydroxylation is 2.